The Hall–Kier alpha value is -1.54. The Balaban J connectivity index is 5.15. The molecule has 0 aliphatic heterocycles. The van der Waals surface area contributed by atoms with Gasteiger partial charge in [-0.1, -0.05) is 24.3 Å². The van der Waals surface area contributed by atoms with Crippen molar-refractivity contribution < 1.29 is 0 Å². The maximum atomic E-state index is 9.24. The lowest BCUT2D eigenvalue weighted by atomic mass is 9.74. The van der Waals surface area contributed by atoms with Gasteiger partial charge >= 0.3 is 0 Å². The highest BCUT2D eigenvalue weighted by molar-refractivity contribution is 5.24. The fraction of sp³-hybridized carbons (Fsp3) is 0.538. The molecule has 0 N–H and O–H groups in total. The first-order chi connectivity index (χ1) is 6.95. The van der Waals surface area contributed by atoms with E-state index in [0.717, 1.165) is 0 Å². The van der Waals surface area contributed by atoms with Gasteiger partial charge in [0.2, 0.25) is 0 Å². The average molecular weight is 202 g/mol. The number of nitriles is 2. The van der Waals surface area contributed by atoms with E-state index >= 15 is 0 Å². The van der Waals surface area contributed by atoms with E-state index in [-0.39, 0.29) is 0 Å². The Kier molecular flexibility index (Phi) is 4.82. The Morgan fingerprint density at radius 1 is 1.00 bits per heavy atom. The summed E-state index contributed by atoms with van der Waals surface area (Å²) in [6, 6.07) is 4.51. The van der Waals surface area contributed by atoms with Gasteiger partial charge in [0.1, 0.15) is 0 Å². The van der Waals surface area contributed by atoms with E-state index in [0.29, 0.717) is 6.42 Å². The lowest BCUT2D eigenvalue weighted by Crippen LogP contribution is -2.22. The Morgan fingerprint density at radius 2 is 1.47 bits per heavy atom. The third-order valence-electron chi connectivity index (χ3n) is 2.17. The molecule has 15 heavy (non-hydrogen) atoms. The molecular weight excluding hydrogens is 184 g/mol. The fourth-order valence-electron chi connectivity index (χ4n) is 1.65. The molecule has 0 radical (unpaired) electrons. The summed E-state index contributed by atoms with van der Waals surface area (Å²) in [6.07, 6.45) is 7.94. The zero-order valence-corrected chi connectivity index (χ0v) is 9.91. The van der Waals surface area contributed by atoms with Crippen molar-refractivity contribution in [2.24, 2.45) is 10.8 Å². The van der Waals surface area contributed by atoms with Crippen LogP contribution in [0.3, 0.4) is 0 Å². The quantitative estimate of drug-likeness (QED) is 0.654. The highest BCUT2D eigenvalue weighted by Gasteiger charge is 2.32. The van der Waals surface area contributed by atoms with Gasteiger partial charge in [0, 0.05) is 0 Å². The van der Waals surface area contributed by atoms with Crippen LogP contribution in [0.4, 0.5) is 0 Å². The summed E-state index contributed by atoms with van der Waals surface area (Å²) in [5.41, 5.74) is -1.14. The van der Waals surface area contributed by atoms with Gasteiger partial charge in [-0.15, -0.1) is 0 Å². The summed E-state index contributed by atoms with van der Waals surface area (Å²) in [4.78, 5) is 0. The second kappa shape index (κ2) is 5.37. The van der Waals surface area contributed by atoms with E-state index in [4.69, 9.17) is 5.26 Å². The van der Waals surface area contributed by atoms with Crippen LogP contribution in [0.1, 0.15) is 34.1 Å². The first-order valence-electron chi connectivity index (χ1n) is 5.05. The molecule has 0 fully saturated rings. The predicted molar refractivity (Wildman–Crippen MR) is 61.7 cm³/mol. The van der Waals surface area contributed by atoms with Crippen LogP contribution in [-0.4, -0.2) is 0 Å². The molecule has 0 aliphatic carbocycles. The maximum absolute atomic E-state index is 9.24. The van der Waals surface area contributed by atoms with Gasteiger partial charge < -0.3 is 0 Å². The Bertz CT molecular complexity index is 323. The van der Waals surface area contributed by atoms with Gasteiger partial charge in [0.05, 0.1) is 23.0 Å². The molecule has 0 bridgehead atoms. The molecular formula is C13H18N2. The van der Waals surface area contributed by atoms with Gasteiger partial charge in [0.25, 0.3) is 0 Å². The predicted octanol–water partition coefficient (Wildman–Crippen LogP) is 3.59. The SMILES string of the molecule is CC=CC(C#N)(C=CC)CC(C)(C)C#N. The molecule has 80 valence electrons. The van der Waals surface area contributed by atoms with Crippen LogP contribution in [0.5, 0.6) is 0 Å². The van der Waals surface area contributed by atoms with Gasteiger partial charge in [-0.05, 0) is 34.1 Å². The second-order valence-corrected chi connectivity index (χ2v) is 4.32. The molecule has 0 atom stereocenters. The molecule has 0 amide bonds. The van der Waals surface area contributed by atoms with Crippen molar-refractivity contribution in [2.45, 2.75) is 34.1 Å². The molecule has 2 nitrogen and oxygen atoms in total. The summed E-state index contributed by atoms with van der Waals surface area (Å²) in [5.74, 6) is 0. The molecule has 0 saturated carbocycles. The van der Waals surface area contributed by atoms with Crippen molar-refractivity contribution in [1.29, 1.82) is 10.5 Å². The minimum Gasteiger partial charge on any atom is -0.198 e. The van der Waals surface area contributed by atoms with Crippen LogP contribution < -0.4 is 0 Å². The van der Waals surface area contributed by atoms with Crippen molar-refractivity contribution in [3.8, 4) is 12.1 Å². The standard InChI is InChI=1S/C13H18N2/c1-5-7-13(11-15,8-6-2)9-12(3,4)10-14/h5-8H,9H2,1-4H3. The van der Waals surface area contributed by atoms with Crippen molar-refractivity contribution in [2.75, 3.05) is 0 Å². The first-order valence-corrected chi connectivity index (χ1v) is 5.05. The van der Waals surface area contributed by atoms with E-state index in [1.165, 1.54) is 0 Å². The number of rotatable bonds is 4. The molecule has 0 saturated heterocycles. The van der Waals surface area contributed by atoms with E-state index in [1.807, 2.05) is 52.0 Å². The van der Waals surface area contributed by atoms with E-state index in [9.17, 15) is 5.26 Å². The van der Waals surface area contributed by atoms with Gasteiger partial charge in [0.15, 0.2) is 0 Å². The average Bonchev–Trinajstić information content (AvgIpc) is 2.18. The van der Waals surface area contributed by atoms with E-state index < -0.39 is 10.8 Å². The lowest BCUT2D eigenvalue weighted by Gasteiger charge is -2.26. The smallest absolute Gasteiger partial charge is 0.0948 e. The fourth-order valence-corrected chi connectivity index (χ4v) is 1.65. The van der Waals surface area contributed by atoms with E-state index in [1.54, 1.807) is 0 Å². The number of allylic oxidation sites excluding steroid dienone is 4. The zero-order valence-electron chi connectivity index (χ0n) is 9.91. The third-order valence-corrected chi connectivity index (χ3v) is 2.17. The molecule has 0 unspecified atom stereocenters. The largest absolute Gasteiger partial charge is 0.198 e. The van der Waals surface area contributed by atoms with Crippen molar-refractivity contribution in [1.82, 2.24) is 0 Å². The van der Waals surface area contributed by atoms with Crippen molar-refractivity contribution in [3.05, 3.63) is 24.3 Å². The highest BCUT2D eigenvalue weighted by atomic mass is 14.4. The normalized spacial score (nSPS) is 16.1. The van der Waals surface area contributed by atoms with Crippen LogP contribution in [0.2, 0.25) is 0 Å². The summed E-state index contributed by atoms with van der Waals surface area (Å²) < 4.78 is 0. The molecule has 0 aromatic rings. The summed E-state index contributed by atoms with van der Waals surface area (Å²) in [5, 5.41) is 18.2. The van der Waals surface area contributed by atoms with Crippen LogP contribution >= 0.6 is 0 Å². The van der Waals surface area contributed by atoms with Crippen LogP contribution in [-0.2, 0) is 0 Å². The third kappa shape index (κ3) is 4.00. The number of nitrogens with zero attached hydrogens (tertiary/aromatic N) is 2. The number of hydrogen-bond donors (Lipinski definition) is 0. The molecule has 0 aromatic heterocycles. The maximum Gasteiger partial charge on any atom is 0.0948 e. The minimum atomic E-state index is -0.650. The van der Waals surface area contributed by atoms with Crippen LogP contribution in [0.25, 0.3) is 0 Å². The second-order valence-electron chi connectivity index (χ2n) is 4.32. The molecule has 0 aromatic carbocycles. The summed E-state index contributed by atoms with van der Waals surface area (Å²) in [6.45, 7) is 7.47. The monoisotopic (exact) mass is 202 g/mol. The van der Waals surface area contributed by atoms with Gasteiger partial charge in [-0.2, -0.15) is 10.5 Å². The number of hydrogen-bond acceptors (Lipinski definition) is 2. The lowest BCUT2D eigenvalue weighted by molar-refractivity contribution is 0.369. The molecule has 0 spiro atoms. The minimum absolute atomic E-state index is 0.491. The summed E-state index contributed by atoms with van der Waals surface area (Å²) in [7, 11) is 0. The topological polar surface area (TPSA) is 47.6 Å². The molecule has 0 aliphatic rings. The van der Waals surface area contributed by atoms with Crippen LogP contribution in [0, 0.1) is 33.5 Å². The first kappa shape index (κ1) is 13.5. The molecule has 0 heterocycles. The van der Waals surface area contributed by atoms with E-state index in [2.05, 4.69) is 12.1 Å². The summed E-state index contributed by atoms with van der Waals surface area (Å²) >= 11 is 0. The van der Waals surface area contributed by atoms with Crippen molar-refractivity contribution in [3.63, 3.8) is 0 Å². The molecule has 2 heteroatoms. The highest BCUT2D eigenvalue weighted by Crippen LogP contribution is 2.35. The van der Waals surface area contributed by atoms with Gasteiger partial charge in [-0.3, -0.25) is 0 Å². The zero-order chi connectivity index (χ0) is 11.9. The van der Waals surface area contributed by atoms with Gasteiger partial charge in [-0.25, -0.2) is 0 Å². The Labute approximate surface area is 92.5 Å². The van der Waals surface area contributed by atoms with Crippen LogP contribution in [0.15, 0.2) is 24.3 Å². The Morgan fingerprint density at radius 3 is 1.73 bits per heavy atom. The molecule has 0 rings (SSSR count). The van der Waals surface area contributed by atoms with Crippen molar-refractivity contribution >= 4 is 0 Å².